The van der Waals surface area contributed by atoms with E-state index < -0.39 is 0 Å². The second kappa shape index (κ2) is 10.6. The summed E-state index contributed by atoms with van der Waals surface area (Å²) in [4.78, 5) is 8.93. The molecule has 0 saturated carbocycles. The number of hydrogen-bond acceptors (Lipinski definition) is 4. The normalized spacial score (nSPS) is 11.0. The molecule has 1 aromatic carbocycles. The summed E-state index contributed by atoms with van der Waals surface area (Å²) in [5.41, 5.74) is 1.30. The number of rotatable bonds is 7. The van der Waals surface area contributed by atoms with Crippen molar-refractivity contribution >= 4 is 29.9 Å². The SMILES string of the molecule is CCNC(=NCc1nc(-c2ccco2)n[nH]1)NCCc1ccccc1.I. The van der Waals surface area contributed by atoms with Gasteiger partial charge in [0.25, 0.3) is 0 Å². The van der Waals surface area contributed by atoms with Crippen LogP contribution in [0, 0.1) is 0 Å². The van der Waals surface area contributed by atoms with Gasteiger partial charge < -0.3 is 15.1 Å². The lowest BCUT2D eigenvalue weighted by molar-refractivity contribution is 0.577. The maximum absolute atomic E-state index is 5.29. The molecule has 3 N–H and O–H groups in total. The van der Waals surface area contributed by atoms with E-state index in [0.29, 0.717) is 24.0 Å². The molecule has 26 heavy (non-hydrogen) atoms. The highest BCUT2D eigenvalue weighted by Crippen LogP contribution is 2.14. The number of guanidine groups is 1. The molecule has 0 spiro atoms. The van der Waals surface area contributed by atoms with Crippen LogP contribution in [0.3, 0.4) is 0 Å². The van der Waals surface area contributed by atoms with Crippen molar-refractivity contribution in [2.75, 3.05) is 13.1 Å². The number of aromatic nitrogens is 3. The van der Waals surface area contributed by atoms with Crippen molar-refractivity contribution < 1.29 is 4.42 Å². The van der Waals surface area contributed by atoms with Crippen molar-refractivity contribution in [3.8, 4) is 11.6 Å². The van der Waals surface area contributed by atoms with Crippen LogP contribution in [0.4, 0.5) is 0 Å². The topological polar surface area (TPSA) is 91.1 Å². The third-order valence-corrected chi connectivity index (χ3v) is 3.55. The number of furan rings is 1. The smallest absolute Gasteiger partial charge is 0.216 e. The van der Waals surface area contributed by atoms with Crippen molar-refractivity contribution in [1.82, 2.24) is 25.8 Å². The molecule has 0 aliphatic heterocycles. The van der Waals surface area contributed by atoms with Crippen LogP contribution in [0.1, 0.15) is 18.3 Å². The van der Waals surface area contributed by atoms with Crippen LogP contribution in [-0.2, 0) is 13.0 Å². The van der Waals surface area contributed by atoms with Crippen LogP contribution in [0.5, 0.6) is 0 Å². The number of aliphatic imine (C=N–C) groups is 1. The largest absolute Gasteiger partial charge is 0.461 e. The molecule has 0 saturated heterocycles. The molecular weight excluding hydrogens is 443 g/mol. The lowest BCUT2D eigenvalue weighted by atomic mass is 10.1. The number of halogens is 1. The van der Waals surface area contributed by atoms with E-state index >= 15 is 0 Å². The third-order valence-electron chi connectivity index (χ3n) is 3.55. The first-order chi connectivity index (χ1) is 12.3. The van der Waals surface area contributed by atoms with Gasteiger partial charge in [-0.2, -0.15) is 0 Å². The highest BCUT2D eigenvalue weighted by Gasteiger charge is 2.08. The molecule has 0 atom stereocenters. The van der Waals surface area contributed by atoms with Crippen LogP contribution in [-0.4, -0.2) is 34.2 Å². The van der Waals surface area contributed by atoms with Gasteiger partial charge in [-0.1, -0.05) is 30.3 Å². The molecule has 0 bridgehead atoms. The van der Waals surface area contributed by atoms with Crippen LogP contribution in [0.2, 0.25) is 0 Å². The molecule has 2 aromatic heterocycles. The van der Waals surface area contributed by atoms with E-state index in [1.807, 2.05) is 25.1 Å². The predicted octanol–water partition coefficient (Wildman–Crippen LogP) is 2.98. The minimum absolute atomic E-state index is 0. The van der Waals surface area contributed by atoms with Gasteiger partial charge in [0, 0.05) is 13.1 Å². The Morgan fingerprint density at radius 3 is 2.73 bits per heavy atom. The Kier molecular flexibility index (Phi) is 8.13. The molecule has 3 rings (SSSR count). The summed E-state index contributed by atoms with van der Waals surface area (Å²) in [6.07, 6.45) is 2.54. The molecular formula is C18H23IN6O. The van der Waals surface area contributed by atoms with Gasteiger partial charge >= 0.3 is 0 Å². The van der Waals surface area contributed by atoms with Crippen molar-refractivity contribution in [2.24, 2.45) is 4.99 Å². The number of aromatic amines is 1. The zero-order valence-electron chi connectivity index (χ0n) is 14.6. The average molecular weight is 466 g/mol. The van der Waals surface area contributed by atoms with Gasteiger partial charge in [0.1, 0.15) is 12.4 Å². The second-order valence-corrected chi connectivity index (χ2v) is 5.44. The van der Waals surface area contributed by atoms with Gasteiger partial charge in [-0.05, 0) is 31.0 Å². The number of H-pyrrole nitrogens is 1. The predicted molar refractivity (Wildman–Crippen MR) is 112 cm³/mol. The van der Waals surface area contributed by atoms with Crippen molar-refractivity contribution in [3.63, 3.8) is 0 Å². The fraction of sp³-hybridized carbons (Fsp3) is 0.278. The van der Waals surface area contributed by atoms with Gasteiger partial charge in [0.2, 0.25) is 5.82 Å². The number of nitrogens with zero attached hydrogens (tertiary/aromatic N) is 3. The molecule has 0 aliphatic carbocycles. The second-order valence-electron chi connectivity index (χ2n) is 5.44. The van der Waals surface area contributed by atoms with Gasteiger partial charge in [-0.25, -0.2) is 9.98 Å². The van der Waals surface area contributed by atoms with Crippen LogP contribution in [0.25, 0.3) is 11.6 Å². The Hall–Kier alpha value is -2.36. The fourth-order valence-corrected chi connectivity index (χ4v) is 2.35. The minimum Gasteiger partial charge on any atom is -0.461 e. The van der Waals surface area contributed by atoms with E-state index in [0.717, 1.165) is 25.5 Å². The van der Waals surface area contributed by atoms with Crippen LogP contribution in [0.15, 0.2) is 58.1 Å². The Morgan fingerprint density at radius 2 is 2.00 bits per heavy atom. The molecule has 2 heterocycles. The van der Waals surface area contributed by atoms with Crippen molar-refractivity contribution in [2.45, 2.75) is 19.9 Å². The summed E-state index contributed by atoms with van der Waals surface area (Å²) in [6.45, 7) is 4.06. The van der Waals surface area contributed by atoms with Crippen LogP contribution < -0.4 is 10.6 Å². The summed E-state index contributed by atoms with van der Waals surface area (Å²) in [5.74, 6) is 2.62. The maximum atomic E-state index is 5.29. The number of hydrogen-bond donors (Lipinski definition) is 3. The van der Waals surface area contributed by atoms with E-state index in [4.69, 9.17) is 4.42 Å². The van der Waals surface area contributed by atoms with E-state index in [9.17, 15) is 0 Å². The third kappa shape index (κ3) is 5.87. The zero-order valence-corrected chi connectivity index (χ0v) is 16.9. The number of benzene rings is 1. The highest BCUT2D eigenvalue weighted by molar-refractivity contribution is 14.0. The van der Waals surface area contributed by atoms with E-state index in [1.54, 1.807) is 6.26 Å². The standard InChI is InChI=1S/C18H22N6O.HI/c1-2-19-18(20-11-10-14-7-4-3-5-8-14)21-13-16-22-17(24-23-16)15-9-6-12-25-15;/h3-9,12H,2,10-11,13H2,1H3,(H2,19,20,21)(H,22,23,24);1H. The molecule has 0 fully saturated rings. The zero-order chi connectivity index (χ0) is 17.3. The first-order valence-electron chi connectivity index (χ1n) is 8.36. The van der Waals surface area contributed by atoms with E-state index in [-0.39, 0.29) is 24.0 Å². The lowest BCUT2D eigenvalue weighted by Crippen LogP contribution is -2.38. The Morgan fingerprint density at radius 1 is 1.15 bits per heavy atom. The molecule has 0 unspecified atom stereocenters. The van der Waals surface area contributed by atoms with Gasteiger partial charge in [-0.3, -0.25) is 5.10 Å². The fourth-order valence-electron chi connectivity index (χ4n) is 2.35. The quantitative estimate of drug-likeness (QED) is 0.283. The number of nitrogens with one attached hydrogen (secondary N) is 3. The minimum atomic E-state index is 0. The molecule has 0 amide bonds. The maximum Gasteiger partial charge on any atom is 0.216 e. The molecule has 138 valence electrons. The molecule has 8 heteroatoms. The summed E-state index contributed by atoms with van der Waals surface area (Å²) in [6, 6.07) is 14.0. The molecule has 0 aliphatic rings. The van der Waals surface area contributed by atoms with Crippen molar-refractivity contribution in [3.05, 3.63) is 60.1 Å². The first-order valence-corrected chi connectivity index (χ1v) is 8.36. The first kappa shape index (κ1) is 20.0. The summed E-state index contributed by atoms with van der Waals surface area (Å²) < 4.78 is 5.29. The summed E-state index contributed by atoms with van der Waals surface area (Å²) in [5, 5.41) is 13.6. The van der Waals surface area contributed by atoms with Gasteiger partial charge in [-0.15, -0.1) is 29.1 Å². The highest BCUT2D eigenvalue weighted by atomic mass is 127. The van der Waals surface area contributed by atoms with Gasteiger partial charge in [0.15, 0.2) is 11.7 Å². The molecule has 0 radical (unpaired) electrons. The monoisotopic (exact) mass is 466 g/mol. The Labute approximate surface area is 169 Å². The Balaban J connectivity index is 0.00000243. The summed E-state index contributed by atoms with van der Waals surface area (Å²) >= 11 is 0. The van der Waals surface area contributed by atoms with Gasteiger partial charge in [0.05, 0.1) is 6.26 Å². The molecule has 3 aromatic rings. The summed E-state index contributed by atoms with van der Waals surface area (Å²) in [7, 11) is 0. The van der Waals surface area contributed by atoms with Crippen LogP contribution >= 0.6 is 24.0 Å². The van der Waals surface area contributed by atoms with E-state index in [2.05, 4.69) is 55.1 Å². The van der Waals surface area contributed by atoms with E-state index in [1.165, 1.54) is 5.56 Å². The average Bonchev–Trinajstić information content (AvgIpc) is 3.32. The molecule has 7 nitrogen and oxygen atoms in total. The van der Waals surface area contributed by atoms with Crippen molar-refractivity contribution in [1.29, 1.82) is 0 Å². The lowest BCUT2D eigenvalue weighted by Gasteiger charge is -2.10. The Bertz CT molecular complexity index is 785.